The van der Waals surface area contributed by atoms with Gasteiger partial charge < -0.3 is 18.0 Å². The van der Waals surface area contributed by atoms with Crippen LogP contribution >= 0.6 is 0 Å². The van der Waals surface area contributed by atoms with Gasteiger partial charge in [-0.25, -0.2) is 0 Å². The van der Waals surface area contributed by atoms with E-state index in [2.05, 4.69) is 0 Å². The maximum Gasteiger partial charge on any atom is 0.746 e. The van der Waals surface area contributed by atoms with Crippen LogP contribution in [-0.2, 0) is 27.7 Å². The average Bonchev–Trinajstić information content (AvgIpc) is 2.34. The molecule has 0 saturated heterocycles. The fourth-order valence-corrected chi connectivity index (χ4v) is 4.26. The van der Waals surface area contributed by atoms with Gasteiger partial charge in [-0.15, -0.1) is 0 Å². The largest absolute Gasteiger partial charge is 0.746 e. The topological polar surface area (TPSA) is 88.1 Å². The van der Waals surface area contributed by atoms with Crippen molar-refractivity contribution in [3.05, 3.63) is 24.3 Å². The van der Waals surface area contributed by atoms with Gasteiger partial charge in [0, 0.05) is 20.8 Å². The summed E-state index contributed by atoms with van der Waals surface area (Å²) in [7, 11) is -4.18. The molecule has 0 N–H and O–H groups in total. The molecule has 0 heterocycles. The van der Waals surface area contributed by atoms with Gasteiger partial charge in [-0.3, -0.25) is 14.4 Å². The highest BCUT2D eigenvalue weighted by molar-refractivity contribution is 6.79. The van der Waals surface area contributed by atoms with Gasteiger partial charge in [0.15, 0.2) is 0 Å². The van der Waals surface area contributed by atoms with E-state index in [0.717, 1.165) is 20.8 Å². The molecule has 1 aromatic rings. The van der Waals surface area contributed by atoms with E-state index in [1.165, 1.54) is 0 Å². The van der Waals surface area contributed by atoms with Crippen LogP contribution in [0.5, 0.6) is 5.75 Å². The van der Waals surface area contributed by atoms with Crippen LogP contribution in [0.2, 0.25) is 0 Å². The third kappa shape index (κ3) is 5.69. The molecule has 1 aromatic carbocycles. The summed E-state index contributed by atoms with van der Waals surface area (Å²) in [6, 6.07) is 6.52. The molecule has 0 fully saturated rings. The Bertz CT molecular complexity index is 593. The fourth-order valence-electron chi connectivity index (χ4n) is 1.93. The molecule has 132 valence electrons. The van der Waals surface area contributed by atoms with Crippen LogP contribution in [0.25, 0.3) is 0 Å². The highest BCUT2D eigenvalue weighted by Crippen LogP contribution is 2.22. The van der Waals surface area contributed by atoms with Crippen LogP contribution in [0.3, 0.4) is 0 Å². The van der Waals surface area contributed by atoms with E-state index in [1.54, 1.807) is 24.3 Å². The van der Waals surface area contributed by atoms with E-state index >= 15 is 0 Å². The minimum Gasteiger partial charge on any atom is -0.488 e. The zero-order valence-electron chi connectivity index (χ0n) is 14.7. The number of para-hydroxylation sites is 1. The Morgan fingerprint density at radius 2 is 1.25 bits per heavy atom. The first-order chi connectivity index (χ1) is 10.9. The van der Waals surface area contributed by atoms with Gasteiger partial charge in [-0.05, 0) is 32.9 Å². The van der Waals surface area contributed by atoms with Gasteiger partial charge in [-0.2, -0.15) is 0 Å². The molecule has 0 atom stereocenters. The molecule has 0 spiro atoms. The maximum atomic E-state index is 11.6. The Labute approximate surface area is 142 Å². The molecule has 24 heavy (non-hydrogen) atoms. The molecule has 0 amide bonds. The Morgan fingerprint density at radius 3 is 1.62 bits per heavy atom. The first kappa shape index (κ1) is 19.7. The molecule has 0 aromatic heterocycles. The molecule has 1 rings (SSSR count). The van der Waals surface area contributed by atoms with Crippen LogP contribution in [-0.4, -0.2) is 32.3 Å². The van der Waals surface area contributed by atoms with Crippen LogP contribution in [0.4, 0.5) is 0 Å². The zero-order valence-corrected chi connectivity index (χ0v) is 15.7. The van der Waals surface area contributed by atoms with Gasteiger partial charge in [0.05, 0.1) is 0 Å². The highest BCUT2D eigenvalue weighted by atomic mass is 28.4. The van der Waals surface area contributed by atoms with Crippen molar-refractivity contribution in [1.29, 1.82) is 0 Å². The lowest BCUT2D eigenvalue weighted by atomic mass is 10.2. The van der Waals surface area contributed by atoms with Crippen molar-refractivity contribution in [2.24, 2.45) is 0 Å². The average molecular weight is 354 g/mol. The van der Waals surface area contributed by atoms with Gasteiger partial charge >= 0.3 is 8.80 Å². The predicted molar refractivity (Wildman–Crippen MR) is 87.5 cm³/mol. The molecule has 0 bridgehead atoms. The fraction of sp³-hybridized carbons (Fsp3) is 0.438. The van der Waals surface area contributed by atoms with Crippen molar-refractivity contribution in [3.8, 4) is 5.75 Å². The van der Waals surface area contributed by atoms with Crippen molar-refractivity contribution in [2.75, 3.05) is 0 Å². The van der Waals surface area contributed by atoms with E-state index < -0.39 is 32.3 Å². The number of benzene rings is 1. The van der Waals surface area contributed by atoms with E-state index in [1.807, 2.05) is 20.8 Å². The monoisotopic (exact) mass is 354 g/mol. The number of carbonyl (C=O) groups excluding carboxylic acids is 3. The number of rotatable bonds is 5. The molecular formula is C16H22O7Si. The Kier molecular flexibility index (Phi) is 6.14. The second-order valence-corrected chi connectivity index (χ2v) is 8.31. The lowest BCUT2D eigenvalue weighted by Gasteiger charge is -2.29. The summed E-state index contributed by atoms with van der Waals surface area (Å²) in [5.74, 6) is -1.92. The molecule has 0 saturated carbocycles. The summed E-state index contributed by atoms with van der Waals surface area (Å²) in [5, 5.41) is 0.223. The van der Waals surface area contributed by atoms with Crippen molar-refractivity contribution in [3.63, 3.8) is 0 Å². The quantitative estimate of drug-likeness (QED) is 0.744. The first-order valence-corrected chi connectivity index (χ1v) is 9.05. The summed E-state index contributed by atoms with van der Waals surface area (Å²) >= 11 is 0. The molecule has 0 aliphatic rings. The third-order valence-electron chi connectivity index (χ3n) is 2.47. The summed E-state index contributed by atoms with van der Waals surface area (Å²) in [6.45, 7) is 8.91. The molecule has 7 nitrogen and oxygen atoms in total. The third-order valence-corrected chi connectivity index (χ3v) is 5.21. The number of ether oxygens (including phenoxy) is 1. The first-order valence-electron chi connectivity index (χ1n) is 7.32. The summed E-state index contributed by atoms with van der Waals surface area (Å²) < 4.78 is 21.5. The Morgan fingerprint density at radius 1 is 0.833 bits per heavy atom. The van der Waals surface area contributed by atoms with E-state index in [4.69, 9.17) is 18.0 Å². The van der Waals surface area contributed by atoms with Crippen LogP contribution in [0.1, 0.15) is 41.5 Å². The standard InChI is InChI=1S/C16H22O7Si/c1-11(17)21-24(22-12(2)18,23-13(3)19)15-10-8-7-9-14(15)20-16(4,5)6/h7-10H,1-6H3. The van der Waals surface area contributed by atoms with Crippen molar-refractivity contribution >= 4 is 31.9 Å². The smallest absolute Gasteiger partial charge is 0.488 e. The summed E-state index contributed by atoms with van der Waals surface area (Å²) in [6.07, 6.45) is 0. The van der Waals surface area contributed by atoms with Gasteiger partial charge in [0.1, 0.15) is 16.5 Å². The predicted octanol–water partition coefficient (Wildman–Crippen LogP) is 1.70. The molecule has 0 aliphatic carbocycles. The molecule has 0 aliphatic heterocycles. The molecule has 8 heteroatoms. The van der Waals surface area contributed by atoms with Crippen molar-refractivity contribution in [1.82, 2.24) is 0 Å². The van der Waals surface area contributed by atoms with Crippen LogP contribution in [0.15, 0.2) is 24.3 Å². The molecule has 0 radical (unpaired) electrons. The minimum atomic E-state index is -4.18. The molecule has 0 unspecified atom stereocenters. The SMILES string of the molecule is CC(=O)O[Si](OC(C)=O)(OC(C)=O)c1ccccc1OC(C)(C)C. The lowest BCUT2D eigenvalue weighted by Crippen LogP contribution is -2.59. The summed E-state index contributed by atoms with van der Waals surface area (Å²) in [5.41, 5.74) is -0.571. The van der Waals surface area contributed by atoms with Crippen LogP contribution in [0, 0.1) is 0 Å². The van der Waals surface area contributed by atoms with E-state index in [-0.39, 0.29) is 5.19 Å². The van der Waals surface area contributed by atoms with Gasteiger partial charge in [-0.1, -0.05) is 12.1 Å². The normalized spacial score (nSPS) is 11.4. The van der Waals surface area contributed by atoms with Crippen LogP contribution < -0.4 is 9.92 Å². The van der Waals surface area contributed by atoms with Crippen molar-refractivity contribution in [2.45, 2.75) is 47.1 Å². The number of hydrogen-bond acceptors (Lipinski definition) is 7. The van der Waals surface area contributed by atoms with E-state index in [0.29, 0.717) is 5.75 Å². The second kappa shape index (κ2) is 7.48. The second-order valence-electron chi connectivity index (χ2n) is 6.05. The van der Waals surface area contributed by atoms with Crippen molar-refractivity contribution < 1.29 is 32.4 Å². The highest BCUT2D eigenvalue weighted by Gasteiger charge is 2.56. The minimum absolute atomic E-state index is 0.223. The van der Waals surface area contributed by atoms with Gasteiger partial charge in [0.25, 0.3) is 17.9 Å². The number of hydrogen-bond donors (Lipinski definition) is 0. The molecular weight excluding hydrogens is 332 g/mol. The summed E-state index contributed by atoms with van der Waals surface area (Å²) in [4.78, 5) is 34.7. The zero-order chi connectivity index (χ0) is 18.5. The maximum absolute atomic E-state index is 11.6. The number of carbonyl (C=O) groups is 3. The lowest BCUT2D eigenvalue weighted by molar-refractivity contribution is -0.146. The van der Waals surface area contributed by atoms with Gasteiger partial charge in [0.2, 0.25) is 0 Å². The Hall–Kier alpha value is -2.35. The van der Waals surface area contributed by atoms with E-state index in [9.17, 15) is 14.4 Å². The Balaban J connectivity index is 3.54.